The van der Waals surface area contributed by atoms with Gasteiger partial charge in [0.1, 0.15) is 24.3 Å². The van der Waals surface area contributed by atoms with E-state index >= 15 is 0 Å². The average Bonchev–Trinajstić information content (AvgIpc) is 3.25. The van der Waals surface area contributed by atoms with Crippen LogP contribution in [0, 0.1) is 27.3 Å². The molecule has 1 heterocycles. The molecule has 34 heavy (non-hydrogen) atoms. The summed E-state index contributed by atoms with van der Waals surface area (Å²) < 4.78 is 25.0. The first-order valence-electron chi connectivity index (χ1n) is 10.4. The molecule has 9 heteroatoms. The van der Waals surface area contributed by atoms with E-state index in [-0.39, 0.29) is 17.9 Å². The molecule has 0 atom stereocenters. The zero-order valence-corrected chi connectivity index (χ0v) is 18.1. The summed E-state index contributed by atoms with van der Waals surface area (Å²) >= 11 is 0. The molecule has 0 fully saturated rings. The molecule has 0 aliphatic heterocycles. The number of benzene rings is 3. The van der Waals surface area contributed by atoms with Crippen molar-refractivity contribution in [1.82, 2.24) is 9.97 Å². The molecule has 1 N–H and O–H groups in total. The van der Waals surface area contributed by atoms with Gasteiger partial charge in [0.25, 0.3) is 5.69 Å². The fourth-order valence-corrected chi connectivity index (χ4v) is 3.35. The Labute approximate surface area is 194 Å². The van der Waals surface area contributed by atoms with Gasteiger partial charge in [0.05, 0.1) is 28.1 Å². The van der Waals surface area contributed by atoms with Gasteiger partial charge in [-0.05, 0) is 54.5 Å². The first-order chi connectivity index (χ1) is 16.5. The van der Waals surface area contributed by atoms with Crippen LogP contribution in [-0.2, 0) is 6.61 Å². The lowest BCUT2D eigenvalue weighted by molar-refractivity contribution is -0.384. The highest BCUT2D eigenvalue weighted by molar-refractivity contribution is 5.90. The van der Waals surface area contributed by atoms with Crippen LogP contribution in [0.3, 0.4) is 0 Å². The lowest BCUT2D eigenvalue weighted by Gasteiger charge is -2.13. The molecule has 3 aromatic carbocycles. The number of aromatic nitrogens is 2. The second-order valence-electron chi connectivity index (χ2n) is 7.27. The van der Waals surface area contributed by atoms with E-state index < -0.39 is 10.7 Å². The second-order valence-corrected chi connectivity index (χ2v) is 7.27. The molecule has 4 rings (SSSR count). The summed E-state index contributed by atoms with van der Waals surface area (Å²) in [6, 6.07) is 17.7. The Kier molecular flexibility index (Phi) is 6.50. The molecule has 0 radical (unpaired) electrons. The molecular weight excluding hydrogens is 439 g/mol. The number of nitriles is 1. The normalized spacial score (nSPS) is 11.3. The van der Waals surface area contributed by atoms with E-state index in [1.165, 1.54) is 24.3 Å². The number of nitro benzene ring substituents is 1. The molecule has 0 saturated heterocycles. The number of aromatic amines is 1. The summed E-state index contributed by atoms with van der Waals surface area (Å²) in [5, 5.41) is 20.6. The van der Waals surface area contributed by atoms with Gasteiger partial charge in [-0.25, -0.2) is 9.37 Å². The Morgan fingerprint density at radius 2 is 2.03 bits per heavy atom. The van der Waals surface area contributed by atoms with Crippen molar-refractivity contribution in [3.05, 3.63) is 93.5 Å². The van der Waals surface area contributed by atoms with Crippen LogP contribution >= 0.6 is 0 Å². The van der Waals surface area contributed by atoms with Crippen LogP contribution in [0.5, 0.6) is 11.5 Å². The van der Waals surface area contributed by atoms with Crippen molar-refractivity contribution in [1.29, 1.82) is 5.26 Å². The van der Waals surface area contributed by atoms with E-state index in [2.05, 4.69) is 16.0 Å². The van der Waals surface area contributed by atoms with Gasteiger partial charge in [-0.1, -0.05) is 18.2 Å². The molecule has 170 valence electrons. The van der Waals surface area contributed by atoms with Crippen LogP contribution in [-0.4, -0.2) is 21.5 Å². The van der Waals surface area contributed by atoms with Crippen LogP contribution in [0.25, 0.3) is 22.7 Å². The number of nitro groups is 1. The maximum atomic E-state index is 13.5. The van der Waals surface area contributed by atoms with E-state index in [9.17, 15) is 19.8 Å². The Hall–Kier alpha value is -4.71. The van der Waals surface area contributed by atoms with E-state index in [0.29, 0.717) is 46.1 Å². The molecule has 0 saturated carbocycles. The van der Waals surface area contributed by atoms with Gasteiger partial charge in [-0.2, -0.15) is 5.26 Å². The van der Waals surface area contributed by atoms with Gasteiger partial charge >= 0.3 is 0 Å². The Morgan fingerprint density at radius 3 is 2.79 bits per heavy atom. The number of rotatable bonds is 8. The van der Waals surface area contributed by atoms with Gasteiger partial charge in [0, 0.05) is 12.1 Å². The lowest BCUT2D eigenvalue weighted by atomic mass is 10.1. The zero-order chi connectivity index (χ0) is 24.1. The Morgan fingerprint density at radius 1 is 1.18 bits per heavy atom. The molecule has 0 aliphatic carbocycles. The predicted octanol–water partition coefficient (Wildman–Crippen LogP) is 5.65. The van der Waals surface area contributed by atoms with Crippen LogP contribution in [0.15, 0.2) is 60.7 Å². The third kappa shape index (κ3) is 5.02. The largest absolute Gasteiger partial charge is 0.490 e. The Bertz CT molecular complexity index is 1440. The summed E-state index contributed by atoms with van der Waals surface area (Å²) in [5.74, 6) is 0.855. The summed E-state index contributed by atoms with van der Waals surface area (Å²) in [6.07, 6.45) is 1.64. The number of fused-ring (bicyclic) bond motifs is 1. The van der Waals surface area contributed by atoms with Crippen molar-refractivity contribution in [3.63, 3.8) is 0 Å². The van der Waals surface area contributed by atoms with Crippen molar-refractivity contribution in [2.75, 3.05) is 6.61 Å². The molecule has 4 aromatic rings. The average molecular weight is 458 g/mol. The zero-order valence-electron chi connectivity index (χ0n) is 18.1. The number of hydrogen-bond donors (Lipinski definition) is 1. The van der Waals surface area contributed by atoms with Gasteiger partial charge in [-0.15, -0.1) is 0 Å². The van der Waals surface area contributed by atoms with E-state index in [4.69, 9.17) is 9.47 Å². The summed E-state index contributed by atoms with van der Waals surface area (Å²) in [7, 11) is 0. The number of nitrogens with zero attached hydrogens (tertiary/aromatic N) is 3. The maximum Gasteiger partial charge on any atom is 0.269 e. The molecule has 0 bridgehead atoms. The molecule has 0 aliphatic rings. The molecule has 0 spiro atoms. The fraction of sp³-hybridized carbons (Fsp3) is 0.120. The molecular formula is C25H19FN4O4. The first kappa shape index (κ1) is 22.5. The number of hydrogen-bond acceptors (Lipinski definition) is 6. The Balaban J connectivity index is 1.59. The summed E-state index contributed by atoms with van der Waals surface area (Å²) in [4.78, 5) is 17.8. The smallest absolute Gasteiger partial charge is 0.269 e. The topological polar surface area (TPSA) is 114 Å². The first-order valence-corrected chi connectivity index (χ1v) is 10.4. The minimum absolute atomic E-state index is 0.0102. The quantitative estimate of drug-likeness (QED) is 0.207. The van der Waals surface area contributed by atoms with Crippen molar-refractivity contribution < 1.29 is 18.8 Å². The van der Waals surface area contributed by atoms with Gasteiger partial charge in [0.2, 0.25) is 0 Å². The monoisotopic (exact) mass is 458 g/mol. The van der Waals surface area contributed by atoms with Gasteiger partial charge < -0.3 is 14.5 Å². The number of imidazole rings is 1. The highest BCUT2D eigenvalue weighted by Gasteiger charge is 2.12. The van der Waals surface area contributed by atoms with Gasteiger partial charge in [0.15, 0.2) is 11.5 Å². The predicted molar refractivity (Wildman–Crippen MR) is 125 cm³/mol. The number of H-pyrrole nitrogens is 1. The highest BCUT2D eigenvalue weighted by atomic mass is 19.1. The van der Waals surface area contributed by atoms with E-state index in [1.807, 2.05) is 6.92 Å². The lowest BCUT2D eigenvalue weighted by Crippen LogP contribution is -2.00. The number of allylic oxidation sites excluding steroid dienone is 1. The molecule has 0 unspecified atom stereocenters. The summed E-state index contributed by atoms with van der Waals surface area (Å²) in [6.45, 7) is 2.34. The number of nitrogens with one attached hydrogen (secondary N) is 1. The highest BCUT2D eigenvalue weighted by Crippen LogP contribution is 2.31. The van der Waals surface area contributed by atoms with Crippen LogP contribution in [0.4, 0.5) is 10.1 Å². The molecule has 0 amide bonds. The van der Waals surface area contributed by atoms with Crippen molar-refractivity contribution in [2.45, 2.75) is 13.5 Å². The minimum atomic E-state index is -0.457. The molecule has 1 aromatic heterocycles. The van der Waals surface area contributed by atoms with Crippen molar-refractivity contribution >= 4 is 28.4 Å². The van der Waals surface area contributed by atoms with E-state index in [1.54, 1.807) is 42.5 Å². The van der Waals surface area contributed by atoms with Crippen molar-refractivity contribution in [2.24, 2.45) is 0 Å². The number of ether oxygens (including phenoxy) is 2. The van der Waals surface area contributed by atoms with Crippen LogP contribution in [0.1, 0.15) is 23.9 Å². The maximum absolute atomic E-state index is 13.5. The SMILES string of the molecule is CCOc1cc(/C=C(/C#N)c2nc3ccc(F)cc3[nH]2)ccc1OCc1cccc([N+](=O)[O-])c1. The minimum Gasteiger partial charge on any atom is -0.490 e. The van der Waals surface area contributed by atoms with Gasteiger partial charge in [-0.3, -0.25) is 10.1 Å². The second kappa shape index (κ2) is 9.83. The third-order valence-corrected chi connectivity index (χ3v) is 4.91. The number of halogens is 1. The van der Waals surface area contributed by atoms with Crippen LogP contribution in [0.2, 0.25) is 0 Å². The van der Waals surface area contributed by atoms with E-state index in [0.717, 1.165) is 0 Å². The fourth-order valence-electron chi connectivity index (χ4n) is 3.35. The summed E-state index contributed by atoms with van der Waals surface area (Å²) in [5.41, 5.74) is 2.63. The third-order valence-electron chi connectivity index (χ3n) is 4.91. The number of non-ortho nitro benzene ring substituents is 1. The van der Waals surface area contributed by atoms with Crippen LogP contribution < -0.4 is 9.47 Å². The molecule has 8 nitrogen and oxygen atoms in total. The standard InChI is InChI=1S/C25H19FN4O4/c1-2-33-24-12-16(6-9-23(24)34-15-17-4-3-5-20(11-17)30(31)32)10-18(14-27)25-28-21-8-7-19(26)13-22(21)29-25/h3-13H,2,15H2,1H3,(H,28,29)/b18-10-. The van der Waals surface area contributed by atoms with Crippen molar-refractivity contribution in [3.8, 4) is 17.6 Å².